The van der Waals surface area contributed by atoms with Gasteiger partial charge in [0.2, 0.25) is 0 Å². The largest absolute Gasteiger partial charge is 0.345 e. The van der Waals surface area contributed by atoms with E-state index in [0.29, 0.717) is 0 Å². The Morgan fingerprint density at radius 3 is 1.71 bits per heavy atom. The van der Waals surface area contributed by atoms with Gasteiger partial charge in [0.15, 0.2) is 0 Å². The first-order chi connectivity index (χ1) is 6.70. The van der Waals surface area contributed by atoms with E-state index in [2.05, 4.69) is 16.8 Å². The number of imidazole rings is 2. The molecule has 0 saturated carbocycles. The van der Waals surface area contributed by atoms with Crippen molar-refractivity contribution < 1.29 is 0 Å². The van der Waals surface area contributed by atoms with Crippen LogP contribution in [-0.2, 0) is 14.1 Å². The van der Waals surface area contributed by atoms with E-state index in [0.717, 1.165) is 11.4 Å². The first-order valence-electron chi connectivity index (χ1n) is 4.64. The minimum atomic E-state index is 0.231. The van der Waals surface area contributed by atoms with Gasteiger partial charge in [-0.2, -0.15) is 0 Å². The lowest BCUT2D eigenvalue weighted by Gasteiger charge is -2.07. The number of hydrogen-bond acceptors (Lipinski definition) is 2. The molecule has 2 aromatic rings. The highest BCUT2D eigenvalue weighted by atomic mass is 15.0. The normalized spacial score (nSPS) is 10.5. The van der Waals surface area contributed by atoms with Crippen molar-refractivity contribution in [1.29, 1.82) is 0 Å². The van der Waals surface area contributed by atoms with E-state index >= 15 is 0 Å². The second-order valence-electron chi connectivity index (χ2n) is 3.51. The van der Waals surface area contributed by atoms with E-state index in [1.54, 1.807) is 0 Å². The highest BCUT2D eigenvalue weighted by molar-refractivity contribution is 6.81. The zero-order chi connectivity index (χ0) is 10.1. The van der Waals surface area contributed by atoms with Crippen molar-refractivity contribution in [3.63, 3.8) is 0 Å². The van der Waals surface area contributed by atoms with Gasteiger partial charge in [0, 0.05) is 38.9 Å². The van der Waals surface area contributed by atoms with Crippen molar-refractivity contribution >= 4 is 18.2 Å². The third kappa shape index (κ3) is 1.34. The molecule has 0 aliphatic heterocycles. The molecule has 0 aromatic carbocycles. The van der Waals surface area contributed by atoms with Crippen LogP contribution in [0, 0.1) is 0 Å². The highest BCUT2D eigenvalue weighted by Gasteiger charge is 2.21. The first kappa shape index (κ1) is 9.06. The molecule has 0 spiro atoms. The summed E-state index contributed by atoms with van der Waals surface area (Å²) < 4.78 is 4.05. The number of rotatable bonds is 2. The summed E-state index contributed by atoms with van der Waals surface area (Å²) >= 11 is 0. The van der Waals surface area contributed by atoms with Crippen LogP contribution in [0.2, 0.25) is 6.82 Å². The van der Waals surface area contributed by atoms with Crippen LogP contribution in [0.25, 0.3) is 0 Å². The maximum atomic E-state index is 4.32. The maximum absolute atomic E-state index is 4.32. The molecule has 0 aliphatic carbocycles. The highest BCUT2D eigenvalue weighted by Crippen LogP contribution is 1.87. The van der Waals surface area contributed by atoms with E-state index in [1.165, 1.54) is 0 Å². The van der Waals surface area contributed by atoms with Gasteiger partial charge in [0.1, 0.15) is 0 Å². The quantitative estimate of drug-likeness (QED) is 0.589. The predicted octanol–water partition coefficient (Wildman–Crippen LogP) is -0.608. The molecule has 0 amide bonds. The Hall–Kier alpha value is -1.52. The monoisotopic (exact) mass is 188 g/mol. The molecule has 14 heavy (non-hydrogen) atoms. The molecule has 0 N–H and O–H groups in total. The molecule has 0 fully saturated rings. The fourth-order valence-corrected chi connectivity index (χ4v) is 1.70. The van der Waals surface area contributed by atoms with E-state index < -0.39 is 0 Å². The average molecular weight is 188 g/mol. The molecular formula is C9H13BN4. The van der Waals surface area contributed by atoms with Crippen LogP contribution < -0.4 is 11.4 Å². The number of nitrogens with zero attached hydrogens (tertiary/aromatic N) is 4. The minimum absolute atomic E-state index is 0.231. The topological polar surface area (TPSA) is 35.6 Å². The van der Waals surface area contributed by atoms with Crippen molar-refractivity contribution in [2.24, 2.45) is 14.1 Å². The summed E-state index contributed by atoms with van der Waals surface area (Å²) in [7, 11) is 4.00. The fraction of sp³-hybridized carbons (Fsp3) is 0.333. The van der Waals surface area contributed by atoms with Crippen LogP contribution >= 0.6 is 0 Å². The van der Waals surface area contributed by atoms with E-state index in [1.807, 2.05) is 48.0 Å². The molecular weight excluding hydrogens is 175 g/mol. The van der Waals surface area contributed by atoms with Gasteiger partial charge in [0.05, 0.1) is 11.4 Å². The van der Waals surface area contributed by atoms with Crippen LogP contribution in [0.5, 0.6) is 0 Å². The van der Waals surface area contributed by atoms with Crippen LogP contribution in [0.15, 0.2) is 24.8 Å². The summed E-state index contributed by atoms with van der Waals surface area (Å²) in [6, 6.07) is 0. The van der Waals surface area contributed by atoms with E-state index in [4.69, 9.17) is 0 Å². The second-order valence-corrected chi connectivity index (χ2v) is 3.51. The van der Waals surface area contributed by atoms with Crippen molar-refractivity contribution in [3.05, 3.63) is 24.8 Å². The average Bonchev–Trinajstić information content (AvgIpc) is 2.73. The zero-order valence-electron chi connectivity index (χ0n) is 8.68. The Bertz CT molecular complexity index is 391. The Morgan fingerprint density at radius 1 is 1.00 bits per heavy atom. The van der Waals surface area contributed by atoms with Gasteiger partial charge in [-0.3, -0.25) is 9.97 Å². The third-order valence-corrected chi connectivity index (χ3v) is 2.49. The molecule has 2 heterocycles. The molecule has 72 valence electrons. The molecule has 0 bridgehead atoms. The summed E-state index contributed by atoms with van der Waals surface area (Å²) in [4.78, 5) is 8.64. The molecule has 2 aromatic heterocycles. The van der Waals surface area contributed by atoms with Gasteiger partial charge in [-0.1, -0.05) is 6.82 Å². The Labute approximate surface area is 83.7 Å². The molecule has 5 heteroatoms. The summed E-state index contributed by atoms with van der Waals surface area (Å²) in [6.07, 6.45) is 7.53. The van der Waals surface area contributed by atoms with E-state index in [9.17, 15) is 0 Å². The van der Waals surface area contributed by atoms with Crippen molar-refractivity contribution in [2.45, 2.75) is 6.82 Å². The first-order valence-corrected chi connectivity index (χ1v) is 4.64. The van der Waals surface area contributed by atoms with Gasteiger partial charge < -0.3 is 9.13 Å². The Morgan fingerprint density at radius 2 is 1.43 bits per heavy atom. The number of hydrogen-bond donors (Lipinski definition) is 0. The smallest absolute Gasteiger partial charge is 0.297 e. The molecule has 0 unspecified atom stereocenters. The fourth-order valence-electron chi connectivity index (χ4n) is 1.70. The lowest BCUT2D eigenvalue weighted by molar-refractivity contribution is 0.933. The molecule has 0 saturated heterocycles. The van der Waals surface area contributed by atoms with Crippen molar-refractivity contribution in [2.75, 3.05) is 0 Å². The minimum Gasteiger partial charge on any atom is -0.345 e. The van der Waals surface area contributed by atoms with Gasteiger partial charge in [-0.25, -0.2) is 0 Å². The van der Waals surface area contributed by atoms with Crippen molar-refractivity contribution in [3.8, 4) is 0 Å². The maximum Gasteiger partial charge on any atom is 0.297 e. The van der Waals surface area contributed by atoms with Gasteiger partial charge in [-0.15, -0.1) is 0 Å². The van der Waals surface area contributed by atoms with Crippen LogP contribution in [-0.4, -0.2) is 25.8 Å². The van der Waals surface area contributed by atoms with Gasteiger partial charge in [0.25, 0.3) is 6.71 Å². The molecule has 0 aliphatic rings. The zero-order valence-corrected chi connectivity index (χ0v) is 8.68. The number of aromatic nitrogens is 4. The van der Waals surface area contributed by atoms with E-state index in [-0.39, 0.29) is 6.71 Å². The Balaban J connectivity index is 2.38. The Kier molecular flexibility index (Phi) is 2.15. The summed E-state index contributed by atoms with van der Waals surface area (Å²) in [5.41, 5.74) is 2.08. The van der Waals surface area contributed by atoms with Crippen molar-refractivity contribution in [1.82, 2.24) is 19.1 Å². The molecule has 0 radical (unpaired) electrons. The number of aryl methyl sites for hydroxylation is 2. The lowest BCUT2D eigenvalue weighted by atomic mass is 9.50. The molecule has 0 atom stereocenters. The van der Waals surface area contributed by atoms with Crippen LogP contribution in [0.1, 0.15) is 0 Å². The standard InChI is InChI=1S/C9H13BN4/c1-10(8-11-4-6-13(8)2)9-12-5-7-14(9)3/h4-7H,1-3H3. The van der Waals surface area contributed by atoms with Crippen LogP contribution in [0.4, 0.5) is 0 Å². The summed E-state index contributed by atoms with van der Waals surface area (Å²) in [5.74, 6) is 0. The van der Waals surface area contributed by atoms with Gasteiger partial charge in [-0.05, 0) is 0 Å². The predicted molar refractivity (Wildman–Crippen MR) is 57.3 cm³/mol. The SMILES string of the molecule is CB(c1nccn1C)c1nccn1C. The molecule has 4 nitrogen and oxygen atoms in total. The second kappa shape index (κ2) is 3.33. The summed E-state index contributed by atoms with van der Waals surface area (Å²) in [5, 5.41) is 0. The van der Waals surface area contributed by atoms with Crippen LogP contribution in [0.3, 0.4) is 0 Å². The molecule has 2 rings (SSSR count). The van der Waals surface area contributed by atoms with Gasteiger partial charge >= 0.3 is 0 Å². The summed E-state index contributed by atoms with van der Waals surface area (Å²) in [6.45, 7) is 2.35. The third-order valence-electron chi connectivity index (χ3n) is 2.49. The lowest BCUT2D eigenvalue weighted by Crippen LogP contribution is -2.48.